The fourth-order valence-electron chi connectivity index (χ4n) is 8.97. The minimum absolute atomic E-state index is 0.0805. The van der Waals surface area contributed by atoms with Crippen molar-refractivity contribution in [3.05, 3.63) is 106 Å². The third-order valence-corrected chi connectivity index (χ3v) is 12.5. The van der Waals surface area contributed by atoms with Crippen molar-refractivity contribution in [2.24, 2.45) is 5.92 Å². The SMILES string of the molecule is O=C(/C=C/c1cccnc1)NCCCCC1CCN(C(=O)c2ccc(C3CCN(CCCCCC#Cc4cccc5c4C(=O)N(C4CCC(=O)NC4=O)C5=O)CC3)cc2)CC1. The highest BCUT2D eigenvalue weighted by Crippen LogP contribution is 2.31. The van der Waals surface area contributed by atoms with Gasteiger partial charge in [-0.2, -0.15) is 0 Å². The van der Waals surface area contributed by atoms with Gasteiger partial charge in [-0.15, -0.1) is 0 Å². The van der Waals surface area contributed by atoms with Crippen molar-refractivity contribution in [2.75, 3.05) is 39.3 Å². The number of carbonyl (C=O) groups is 6. The number of nitrogens with zero attached hydrogens (tertiary/aromatic N) is 4. The Morgan fingerprint density at radius 3 is 2.39 bits per heavy atom. The molecular formula is C49H56N6O6. The molecule has 1 atom stereocenters. The summed E-state index contributed by atoms with van der Waals surface area (Å²) in [6.45, 7) is 5.41. The Balaban J connectivity index is 0.749. The van der Waals surface area contributed by atoms with E-state index in [9.17, 15) is 28.8 Å². The van der Waals surface area contributed by atoms with Crippen LogP contribution in [0.5, 0.6) is 0 Å². The van der Waals surface area contributed by atoms with Crippen LogP contribution < -0.4 is 10.6 Å². The average molecular weight is 825 g/mol. The van der Waals surface area contributed by atoms with E-state index in [1.54, 1.807) is 42.7 Å². The number of likely N-dealkylation sites (tertiary alicyclic amines) is 2. The predicted molar refractivity (Wildman–Crippen MR) is 232 cm³/mol. The number of aromatic nitrogens is 1. The first-order valence-corrected chi connectivity index (χ1v) is 22.1. The van der Waals surface area contributed by atoms with Crippen LogP contribution in [0.2, 0.25) is 0 Å². The summed E-state index contributed by atoms with van der Waals surface area (Å²) < 4.78 is 0. The zero-order chi connectivity index (χ0) is 42.6. The fraction of sp³-hybridized carbons (Fsp3) is 0.449. The number of rotatable bonds is 15. The lowest BCUT2D eigenvalue weighted by molar-refractivity contribution is -0.136. The van der Waals surface area contributed by atoms with Crippen LogP contribution in [-0.4, -0.2) is 100 Å². The van der Waals surface area contributed by atoms with Crippen molar-refractivity contribution in [3.63, 3.8) is 0 Å². The summed E-state index contributed by atoms with van der Waals surface area (Å²) in [5.41, 5.74) is 3.95. The van der Waals surface area contributed by atoms with E-state index in [-0.39, 0.29) is 35.8 Å². The van der Waals surface area contributed by atoms with E-state index in [1.807, 2.05) is 29.2 Å². The molecular weight excluding hydrogens is 769 g/mol. The summed E-state index contributed by atoms with van der Waals surface area (Å²) in [4.78, 5) is 85.4. The standard InChI is InChI=1S/C49H56N6O6/c56-43(21-15-36-11-9-27-50-34-36)51-28-6-5-10-35-23-32-54(33-24-35)47(59)40-18-16-37(17-19-40)38-25-30-53(31-26-38)29-7-3-1-2-4-12-39-13-8-14-41-45(39)49(61)55(48(41)60)42-20-22-44(57)52-46(42)58/h8-9,11,13-19,21,27,34-35,38,42H,1-3,5-7,10,20,22-26,28-33H2,(H,51,56)(H,52,57,58)/b21-15+. The molecule has 2 N–H and O–H groups in total. The van der Waals surface area contributed by atoms with E-state index in [4.69, 9.17) is 0 Å². The van der Waals surface area contributed by atoms with Crippen molar-refractivity contribution in [1.82, 2.24) is 30.3 Å². The van der Waals surface area contributed by atoms with Gasteiger partial charge in [0, 0.05) is 62.1 Å². The summed E-state index contributed by atoms with van der Waals surface area (Å²) in [5.74, 6) is 5.36. The van der Waals surface area contributed by atoms with Gasteiger partial charge in [0.1, 0.15) is 6.04 Å². The Morgan fingerprint density at radius 1 is 0.836 bits per heavy atom. The first-order chi connectivity index (χ1) is 29.7. The summed E-state index contributed by atoms with van der Waals surface area (Å²) in [5, 5.41) is 5.19. The van der Waals surface area contributed by atoms with Crippen molar-refractivity contribution >= 4 is 41.5 Å². The smallest absolute Gasteiger partial charge is 0.263 e. The second kappa shape index (κ2) is 21.0. The van der Waals surface area contributed by atoms with Gasteiger partial charge in [-0.3, -0.25) is 44.0 Å². The number of benzene rings is 2. The van der Waals surface area contributed by atoms with E-state index in [2.05, 4.69) is 44.5 Å². The predicted octanol–water partition coefficient (Wildman–Crippen LogP) is 6.13. The van der Waals surface area contributed by atoms with E-state index >= 15 is 0 Å². The molecule has 61 heavy (non-hydrogen) atoms. The molecule has 3 saturated heterocycles. The number of carbonyl (C=O) groups excluding carboxylic acids is 6. The summed E-state index contributed by atoms with van der Waals surface area (Å²) in [6, 6.07) is 16.1. The Bertz CT molecular complexity index is 2160. The van der Waals surface area contributed by atoms with Crippen molar-refractivity contribution in [3.8, 4) is 11.8 Å². The molecule has 318 valence electrons. The third kappa shape index (κ3) is 11.3. The van der Waals surface area contributed by atoms with Crippen molar-refractivity contribution < 1.29 is 28.8 Å². The zero-order valence-electron chi connectivity index (χ0n) is 34.9. The molecule has 1 unspecified atom stereocenters. The number of nitrogens with one attached hydrogen (secondary N) is 2. The molecule has 3 fully saturated rings. The summed E-state index contributed by atoms with van der Waals surface area (Å²) in [6.07, 6.45) is 18.1. The highest BCUT2D eigenvalue weighted by atomic mass is 16.2. The zero-order valence-corrected chi connectivity index (χ0v) is 34.9. The molecule has 5 heterocycles. The van der Waals surface area contributed by atoms with Gasteiger partial charge in [0.15, 0.2) is 0 Å². The number of amides is 6. The number of hydrogen-bond acceptors (Lipinski definition) is 8. The lowest BCUT2D eigenvalue weighted by Crippen LogP contribution is -2.54. The number of hydrogen-bond donors (Lipinski definition) is 2. The van der Waals surface area contributed by atoms with Crippen LogP contribution in [0.15, 0.2) is 73.1 Å². The van der Waals surface area contributed by atoms with Gasteiger partial charge >= 0.3 is 0 Å². The Labute approximate surface area is 358 Å². The monoisotopic (exact) mass is 824 g/mol. The Hall–Kier alpha value is -5.93. The molecule has 12 heteroatoms. The third-order valence-electron chi connectivity index (χ3n) is 12.5. The molecule has 0 radical (unpaired) electrons. The normalized spacial score (nSPS) is 18.9. The van der Waals surface area contributed by atoms with Crippen LogP contribution in [0.3, 0.4) is 0 Å². The van der Waals surface area contributed by atoms with Crippen LogP contribution >= 0.6 is 0 Å². The number of pyridine rings is 1. The Kier molecular flexibility index (Phi) is 14.9. The van der Waals surface area contributed by atoms with Crippen LogP contribution in [0.4, 0.5) is 0 Å². The maximum atomic E-state index is 13.4. The fourth-order valence-corrected chi connectivity index (χ4v) is 8.97. The molecule has 1 aromatic heterocycles. The van der Waals surface area contributed by atoms with Gasteiger partial charge in [0.05, 0.1) is 11.1 Å². The summed E-state index contributed by atoms with van der Waals surface area (Å²) >= 11 is 0. The van der Waals surface area contributed by atoms with Crippen LogP contribution in [0, 0.1) is 17.8 Å². The van der Waals surface area contributed by atoms with Gasteiger partial charge in [-0.05, 0) is 130 Å². The lowest BCUT2D eigenvalue weighted by Gasteiger charge is -2.33. The second-order valence-electron chi connectivity index (χ2n) is 16.7. The van der Waals surface area contributed by atoms with Gasteiger partial charge < -0.3 is 15.1 Å². The molecule has 2 aromatic carbocycles. The molecule has 4 aliphatic heterocycles. The number of fused-ring (bicyclic) bond motifs is 1. The number of piperidine rings is 3. The summed E-state index contributed by atoms with van der Waals surface area (Å²) in [7, 11) is 0. The van der Waals surface area contributed by atoms with Crippen LogP contribution in [-0.2, 0) is 14.4 Å². The Morgan fingerprint density at radius 2 is 1.64 bits per heavy atom. The molecule has 12 nitrogen and oxygen atoms in total. The maximum absolute atomic E-state index is 13.4. The van der Waals surface area contributed by atoms with Gasteiger partial charge in [0.2, 0.25) is 17.7 Å². The van der Waals surface area contributed by atoms with Crippen molar-refractivity contribution in [2.45, 2.75) is 95.4 Å². The molecule has 7 rings (SSSR count). The number of imide groups is 2. The van der Waals surface area contributed by atoms with Gasteiger partial charge in [0.25, 0.3) is 17.7 Å². The van der Waals surface area contributed by atoms with Crippen LogP contribution in [0.25, 0.3) is 6.08 Å². The molecule has 3 aromatic rings. The number of unbranched alkanes of at least 4 members (excludes halogenated alkanes) is 4. The molecule has 0 saturated carbocycles. The van der Waals surface area contributed by atoms with Gasteiger partial charge in [-0.25, -0.2) is 0 Å². The average Bonchev–Trinajstić information content (AvgIpc) is 3.54. The topological polar surface area (TPSA) is 149 Å². The van der Waals surface area contributed by atoms with E-state index < -0.39 is 29.7 Å². The van der Waals surface area contributed by atoms with Crippen molar-refractivity contribution in [1.29, 1.82) is 0 Å². The lowest BCUT2D eigenvalue weighted by atomic mass is 9.88. The highest BCUT2D eigenvalue weighted by Gasteiger charge is 2.45. The molecule has 0 bridgehead atoms. The maximum Gasteiger partial charge on any atom is 0.263 e. The highest BCUT2D eigenvalue weighted by molar-refractivity contribution is 6.24. The van der Waals surface area contributed by atoms with Crippen LogP contribution in [0.1, 0.15) is 137 Å². The van der Waals surface area contributed by atoms with E-state index in [0.29, 0.717) is 30.4 Å². The first-order valence-electron chi connectivity index (χ1n) is 22.1. The van der Waals surface area contributed by atoms with E-state index in [1.165, 1.54) is 5.56 Å². The largest absolute Gasteiger partial charge is 0.353 e. The minimum atomic E-state index is -0.995. The minimum Gasteiger partial charge on any atom is -0.353 e. The molecule has 6 amide bonds. The molecule has 0 aliphatic carbocycles. The second-order valence-corrected chi connectivity index (χ2v) is 16.7. The first kappa shape index (κ1) is 43.2. The quantitative estimate of drug-likeness (QED) is 0.0806. The van der Waals surface area contributed by atoms with E-state index in [0.717, 1.165) is 113 Å². The van der Waals surface area contributed by atoms with Gasteiger partial charge in [-0.1, -0.05) is 55.4 Å². The molecule has 0 spiro atoms. The molecule has 4 aliphatic rings.